The fourth-order valence-electron chi connectivity index (χ4n) is 3.31. The highest BCUT2D eigenvalue weighted by Gasteiger charge is 2.32. The summed E-state index contributed by atoms with van der Waals surface area (Å²) in [5.41, 5.74) is 2.26. The van der Waals surface area contributed by atoms with E-state index in [0.29, 0.717) is 5.69 Å². The Balaban J connectivity index is 1.55. The summed E-state index contributed by atoms with van der Waals surface area (Å²) in [7, 11) is 1.71. The second-order valence-corrected chi connectivity index (χ2v) is 6.44. The van der Waals surface area contributed by atoms with Gasteiger partial charge in [0.05, 0.1) is 11.6 Å². The van der Waals surface area contributed by atoms with Crippen molar-refractivity contribution < 1.29 is 9.53 Å². The number of nitrogens with zero attached hydrogens (tertiary/aromatic N) is 1. The number of pyridine rings is 1. The summed E-state index contributed by atoms with van der Waals surface area (Å²) < 4.78 is 7.33. The van der Waals surface area contributed by atoms with Gasteiger partial charge in [0, 0.05) is 24.4 Å². The number of aromatic nitrogens is 1. The van der Waals surface area contributed by atoms with Gasteiger partial charge < -0.3 is 19.9 Å². The minimum absolute atomic E-state index is 0.0902. The van der Waals surface area contributed by atoms with Gasteiger partial charge >= 0.3 is 6.03 Å². The molecule has 26 heavy (non-hydrogen) atoms. The third-order valence-corrected chi connectivity index (χ3v) is 4.71. The number of hydrogen-bond donors (Lipinski definition) is 2. The van der Waals surface area contributed by atoms with E-state index in [-0.39, 0.29) is 23.7 Å². The van der Waals surface area contributed by atoms with E-state index in [1.807, 2.05) is 43.3 Å². The number of nitrogens with one attached hydrogen (secondary N) is 2. The fraction of sp³-hybridized carbons (Fsp3) is 0.200. The van der Waals surface area contributed by atoms with Gasteiger partial charge in [0.2, 0.25) is 0 Å². The number of amides is 2. The van der Waals surface area contributed by atoms with Gasteiger partial charge in [-0.05, 0) is 36.6 Å². The maximum Gasteiger partial charge on any atom is 0.319 e. The molecule has 3 aromatic rings. The fourth-order valence-corrected chi connectivity index (χ4v) is 3.31. The monoisotopic (exact) mass is 349 g/mol. The molecule has 1 aromatic heterocycles. The van der Waals surface area contributed by atoms with Crippen LogP contribution in [0.1, 0.15) is 18.5 Å². The Labute approximate surface area is 150 Å². The highest BCUT2D eigenvalue weighted by Crippen LogP contribution is 2.36. The molecule has 2 amide bonds. The molecule has 6 nitrogen and oxygen atoms in total. The Morgan fingerprint density at radius 3 is 2.73 bits per heavy atom. The average Bonchev–Trinajstić information content (AvgIpc) is 2.94. The number of urea groups is 1. The van der Waals surface area contributed by atoms with E-state index in [0.717, 1.165) is 22.2 Å². The zero-order chi connectivity index (χ0) is 18.3. The van der Waals surface area contributed by atoms with E-state index in [2.05, 4.69) is 10.6 Å². The molecule has 0 fully saturated rings. The van der Waals surface area contributed by atoms with Crippen LogP contribution in [-0.2, 0) is 7.05 Å². The molecule has 0 saturated carbocycles. The summed E-state index contributed by atoms with van der Waals surface area (Å²) in [4.78, 5) is 24.3. The van der Waals surface area contributed by atoms with Gasteiger partial charge in [0.25, 0.3) is 5.56 Å². The number of aryl methyl sites for hydroxylation is 1. The lowest BCUT2D eigenvalue weighted by Crippen LogP contribution is -2.36. The highest BCUT2D eigenvalue weighted by molar-refractivity contribution is 5.92. The topological polar surface area (TPSA) is 72.4 Å². The van der Waals surface area contributed by atoms with Gasteiger partial charge in [-0.2, -0.15) is 0 Å². The first kappa shape index (κ1) is 16.2. The molecule has 132 valence electrons. The predicted octanol–water partition coefficient (Wildman–Crippen LogP) is 3.18. The summed E-state index contributed by atoms with van der Waals surface area (Å²) in [5.74, 6) is 0.797. The van der Waals surface area contributed by atoms with Crippen LogP contribution in [0.25, 0.3) is 10.9 Å². The van der Waals surface area contributed by atoms with Gasteiger partial charge in [-0.3, -0.25) is 4.79 Å². The van der Waals surface area contributed by atoms with Crippen LogP contribution in [0.2, 0.25) is 0 Å². The van der Waals surface area contributed by atoms with E-state index in [1.54, 1.807) is 23.7 Å². The highest BCUT2D eigenvalue weighted by atomic mass is 16.5. The molecule has 1 aliphatic heterocycles. The first-order chi connectivity index (χ1) is 12.5. The van der Waals surface area contributed by atoms with E-state index in [4.69, 9.17) is 4.74 Å². The summed E-state index contributed by atoms with van der Waals surface area (Å²) in [6, 6.07) is 15.9. The number of carbonyl (C=O) groups is 1. The molecule has 6 heteroatoms. The van der Waals surface area contributed by atoms with Gasteiger partial charge in [0.1, 0.15) is 11.9 Å². The normalized spacial score (nSPS) is 18.2. The minimum Gasteiger partial charge on any atom is -0.488 e. The molecule has 4 rings (SSSR count). The van der Waals surface area contributed by atoms with Crippen LogP contribution in [0.4, 0.5) is 10.5 Å². The molecule has 0 aliphatic carbocycles. The van der Waals surface area contributed by atoms with Crippen molar-refractivity contribution in [2.75, 3.05) is 5.32 Å². The van der Waals surface area contributed by atoms with Crippen LogP contribution in [0.3, 0.4) is 0 Å². The number of fused-ring (bicyclic) bond motifs is 2. The van der Waals surface area contributed by atoms with Crippen LogP contribution in [0.15, 0.2) is 59.4 Å². The minimum atomic E-state index is -0.317. The van der Waals surface area contributed by atoms with Gasteiger partial charge in [-0.1, -0.05) is 24.3 Å². The summed E-state index contributed by atoms with van der Waals surface area (Å²) >= 11 is 0. The number of rotatable bonds is 2. The van der Waals surface area contributed by atoms with E-state index >= 15 is 0 Å². The lowest BCUT2D eigenvalue weighted by Gasteiger charge is -2.17. The Morgan fingerprint density at radius 2 is 1.88 bits per heavy atom. The van der Waals surface area contributed by atoms with Crippen molar-refractivity contribution in [1.82, 2.24) is 9.88 Å². The van der Waals surface area contributed by atoms with Crippen molar-refractivity contribution in [3.05, 3.63) is 70.5 Å². The Kier molecular flexibility index (Phi) is 3.88. The zero-order valence-corrected chi connectivity index (χ0v) is 14.5. The predicted molar refractivity (Wildman–Crippen MR) is 101 cm³/mol. The van der Waals surface area contributed by atoms with Crippen molar-refractivity contribution in [1.29, 1.82) is 0 Å². The standard InChI is InChI=1S/C20H19N3O3/c1-12-19(15-5-3-4-6-17(15)26-12)22-20(25)21-14-9-7-13-8-10-18(24)23(2)16(13)11-14/h3-12,19H,1-2H3,(H2,21,22,25)/t12-,19+/m0/s1. The first-order valence-electron chi connectivity index (χ1n) is 8.46. The Bertz CT molecular complexity index is 1060. The quantitative estimate of drug-likeness (QED) is 0.746. The van der Waals surface area contributed by atoms with Crippen molar-refractivity contribution in [3.63, 3.8) is 0 Å². The molecule has 2 aromatic carbocycles. The molecular weight excluding hydrogens is 330 g/mol. The van der Waals surface area contributed by atoms with E-state index < -0.39 is 0 Å². The number of para-hydroxylation sites is 1. The summed E-state index contributed by atoms with van der Waals surface area (Å²) in [6.45, 7) is 1.93. The summed E-state index contributed by atoms with van der Waals surface area (Å²) in [5, 5.41) is 6.74. The molecule has 2 N–H and O–H groups in total. The lowest BCUT2D eigenvalue weighted by atomic mass is 10.1. The molecule has 2 atom stereocenters. The van der Waals surface area contributed by atoms with Crippen LogP contribution in [-0.4, -0.2) is 16.7 Å². The van der Waals surface area contributed by atoms with Crippen molar-refractivity contribution in [2.45, 2.75) is 19.1 Å². The average molecular weight is 349 g/mol. The summed E-state index contributed by atoms with van der Waals surface area (Å²) in [6.07, 6.45) is -0.143. The van der Waals surface area contributed by atoms with Crippen LogP contribution in [0, 0.1) is 0 Å². The molecule has 0 unspecified atom stereocenters. The maximum atomic E-state index is 12.5. The number of ether oxygens (including phenoxy) is 1. The zero-order valence-electron chi connectivity index (χ0n) is 14.5. The molecule has 0 saturated heterocycles. The number of hydrogen-bond acceptors (Lipinski definition) is 3. The van der Waals surface area contributed by atoms with Gasteiger partial charge in [-0.15, -0.1) is 0 Å². The second kappa shape index (κ2) is 6.22. The maximum absolute atomic E-state index is 12.5. The van der Waals surface area contributed by atoms with Crippen molar-refractivity contribution in [3.8, 4) is 5.75 Å². The number of anilines is 1. The van der Waals surface area contributed by atoms with Crippen LogP contribution in [0.5, 0.6) is 5.75 Å². The SMILES string of the molecule is C[C@@H]1Oc2ccccc2[C@@H]1NC(=O)Nc1ccc2ccc(=O)n(C)c2c1. The van der Waals surface area contributed by atoms with Crippen molar-refractivity contribution >= 4 is 22.6 Å². The smallest absolute Gasteiger partial charge is 0.319 e. The molecule has 0 bridgehead atoms. The number of benzene rings is 2. The largest absolute Gasteiger partial charge is 0.488 e. The lowest BCUT2D eigenvalue weighted by molar-refractivity contribution is 0.204. The molecule has 0 radical (unpaired) electrons. The second-order valence-electron chi connectivity index (χ2n) is 6.44. The number of carbonyl (C=O) groups excluding carboxylic acids is 1. The van der Waals surface area contributed by atoms with Gasteiger partial charge in [0.15, 0.2) is 0 Å². The van der Waals surface area contributed by atoms with Gasteiger partial charge in [-0.25, -0.2) is 4.79 Å². The van der Waals surface area contributed by atoms with Crippen LogP contribution < -0.4 is 20.9 Å². The Hall–Kier alpha value is -3.28. The van der Waals surface area contributed by atoms with E-state index in [9.17, 15) is 9.59 Å². The first-order valence-corrected chi connectivity index (χ1v) is 8.46. The van der Waals surface area contributed by atoms with Crippen molar-refractivity contribution in [2.24, 2.45) is 7.05 Å². The third kappa shape index (κ3) is 2.79. The third-order valence-electron chi connectivity index (χ3n) is 4.71. The Morgan fingerprint density at radius 1 is 1.12 bits per heavy atom. The van der Waals surface area contributed by atoms with E-state index in [1.165, 1.54) is 6.07 Å². The molecule has 2 heterocycles. The van der Waals surface area contributed by atoms with Crippen LogP contribution >= 0.6 is 0 Å². The molecule has 0 spiro atoms. The molecular formula is C20H19N3O3. The molecule has 1 aliphatic rings.